The number of fused-ring (bicyclic) bond motifs is 3. The molecule has 2 amide bonds. The predicted octanol–water partition coefficient (Wildman–Crippen LogP) is 0.976. The zero-order valence-corrected chi connectivity index (χ0v) is 10.7. The number of amides is 2. The van der Waals surface area contributed by atoms with Crippen molar-refractivity contribution in [3.63, 3.8) is 0 Å². The van der Waals surface area contributed by atoms with Gasteiger partial charge >= 0.3 is 0 Å². The van der Waals surface area contributed by atoms with Crippen molar-refractivity contribution >= 4 is 23.8 Å². The molecule has 6 heteroatoms. The Kier molecular flexibility index (Phi) is 2.35. The second kappa shape index (κ2) is 3.81. The Morgan fingerprint density at radius 2 is 2.16 bits per heavy atom. The van der Waals surface area contributed by atoms with Gasteiger partial charge in [0.2, 0.25) is 5.91 Å². The Bertz CT molecular complexity index is 599. The number of hydrazone groups is 1. The number of nitrogens with zero attached hydrogens (tertiary/aromatic N) is 3. The second-order valence-corrected chi connectivity index (χ2v) is 4.77. The Labute approximate surface area is 110 Å². The lowest BCUT2D eigenvalue weighted by atomic mass is 9.97. The van der Waals surface area contributed by atoms with E-state index in [1.165, 1.54) is 13.3 Å². The molecule has 0 radical (unpaired) electrons. The maximum absolute atomic E-state index is 12.4. The Hall–Kier alpha value is -2.37. The van der Waals surface area contributed by atoms with Gasteiger partial charge in [-0.2, -0.15) is 5.10 Å². The van der Waals surface area contributed by atoms with Gasteiger partial charge in [-0.3, -0.25) is 9.59 Å². The summed E-state index contributed by atoms with van der Waals surface area (Å²) in [6.07, 6.45) is 1.26. The van der Waals surface area contributed by atoms with Crippen molar-refractivity contribution < 1.29 is 14.3 Å². The van der Waals surface area contributed by atoms with E-state index in [0.29, 0.717) is 5.75 Å². The van der Waals surface area contributed by atoms with Gasteiger partial charge in [-0.05, 0) is 19.1 Å². The normalized spacial score (nSPS) is 24.6. The number of carbonyl (C=O) groups is 2. The van der Waals surface area contributed by atoms with Crippen molar-refractivity contribution in [1.82, 2.24) is 4.90 Å². The van der Waals surface area contributed by atoms with Crippen LogP contribution in [0.25, 0.3) is 0 Å². The topological polar surface area (TPSA) is 62.2 Å². The Morgan fingerprint density at radius 3 is 2.89 bits per heavy atom. The minimum Gasteiger partial charge on any atom is -0.488 e. The summed E-state index contributed by atoms with van der Waals surface area (Å²) in [5.74, 6) is -0.000753. The van der Waals surface area contributed by atoms with Crippen molar-refractivity contribution in [2.24, 2.45) is 5.10 Å². The summed E-state index contributed by atoms with van der Waals surface area (Å²) in [6.45, 7) is 3.21. The highest BCUT2D eigenvalue weighted by molar-refractivity contribution is 6.11. The highest BCUT2D eigenvalue weighted by Gasteiger charge is 2.50. The number of benzene rings is 1. The highest BCUT2D eigenvalue weighted by Crippen LogP contribution is 2.40. The number of rotatable bonds is 0. The fourth-order valence-corrected chi connectivity index (χ4v) is 2.28. The molecule has 0 saturated carbocycles. The molecule has 2 aliphatic rings. The smallest absolute Gasteiger partial charge is 0.265 e. The first-order valence-electron chi connectivity index (χ1n) is 5.94. The molecule has 0 N–H and O–H groups in total. The van der Waals surface area contributed by atoms with Crippen molar-refractivity contribution in [1.29, 1.82) is 0 Å². The van der Waals surface area contributed by atoms with Crippen LogP contribution in [0.5, 0.6) is 5.75 Å². The molecular weight excluding hydrogens is 246 g/mol. The third-order valence-corrected chi connectivity index (χ3v) is 3.37. The van der Waals surface area contributed by atoms with Gasteiger partial charge in [0.25, 0.3) is 5.91 Å². The molecule has 2 aliphatic heterocycles. The number of carbonyl (C=O) groups excluding carboxylic acids is 2. The fourth-order valence-electron chi connectivity index (χ4n) is 2.28. The van der Waals surface area contributed by atoms with E-state index in [0.717, 1.165) is 10.6 Å². The molecule has 1 aromatic carbocycles. The van der Waals surface area contributed by atoms with E-state index in [1.807, 2.05) is 24.3 Å². The molecule has 3 rings (SSSR count). The molecule has 0 spiro atoms. The summed E-state index contributed by atoms with van der Waals surface area (Å²) >= 11 is 0. The molecule has 1 atom stereocenters. The summed E-state index contributed by atoms with van der Waals surface area (Å²) in [4.78, 5) is 24.9. The second-order valence-electron chi connectivity index (χ2n) is 4.77. The zero-order valence-electron chi connectivity index (χ0n) is 10.7. The van der Waals surface area contributed by atoms with E-state index in [1.54, 1.807) is 11.9 Å². The van der Waals surface area contributed by atoms with Crippen LogP contribution < -0.4 is 9.75 Å². The summed E-state index contributed by atoms with van der Waals surface area (Å²) in [7, 11) is 0. The number of imide groups is 1. The zero-order chi connectivity index (χ0) is 13.6. The van der Waals surface area contributed by atoms with E-state index in [9.17, 15) is 9.59 Å². The maximum Gasteiger partial charge on any atom is 0.265 e. The summed E-state index contributed by atoms with van der Waals surface area (Å²) in [5.41, 5.74) is -0.265. The quantitative estimate of drug-likeness (QED) is 0.696. The standard InChI is InChI=1S/C13H13N3O3/c1-9(17)15-8-14-16-10-5-3-4-6-11(10)19-7-13(16,2)12(15)18/h3-6,8H,7H2,1-2H3. The molecule has 1 aromatic rings. The molecule has 0 fully saturated rings. The molecule has 19 heavy (non-hydrogen) atoms. The lowest BCUT2D eigenvalue weighted by Crippen LogP contribution is -2.64. The predicted molar refractivity (Wildman–Crippen MR) is 68.8 cm³/mol. The average molecular weight is 259 g/mol. The molecule has 0 aromatic heterocycles. The highest BCUT2D eigenvalue weighted by atomic mass is 16.5. The van der Waals surface area contributed by atoms with E-state index in [-0.39, 0.29) is 18.4 Å². The van der Waals surface area contributed by atoms with Gasteiger partial charge in [-0.15, -0.1) is 0 Å². The van der Waals surface area contributed by atoms with Gasteiger partial charge in [0.1, 0.15) is 24.4 Å². The molecular formula is C13H13N3O3. The van der Waals surface area contributed by atoms with Gasteiger partial charge < -0.3 is 4.74 Å². The third kappa shape index (κ3) is 1.53. The first kappa shape index (κ1) is 11.7. The van der Waals surface area contributed by atoms with Gasteiger partial charge in [0, 0.05) is 6.92 Å². The Balaban J connectivity index is 2.11. The molecule has 0 saturated heterocycles. The van der Waals surface area contributed by atoms with Crippen LogP contribution in [0, 0.1) is 0 Å². The van der Waals surface area contributed by atoms with Crippen LogP contribution in [0.4, 0.5) is 5.69 Å². The summed E-state index contributed by atoms with van der Waals surface area (Å²) in [6, 6.07) is 7.37. The SMILES string of the molecule is CC(=O)N1C=NN2c3ccccc3OCC2(C)C1=O. The van der Waals surface area contributed by atoms with Crippen molar-refractivity contribution in [2.45, 2.75) is 19.4 Å². The lowest BCUT2D eigenvalue weighted by molar-refractivity contribution is -0.143. The molecule has 2 heterocycles. The number of anilines is 1. The number of hydrogen-bond donors (Lipinski definition) is 0. The summed E-state index contributed by atoms with van der Waals surface area (Å²) in [5, 5.41) is 5.85. The van der Waals surface area contributed by atoms with Crippen molar-refractivity contribution in [3.05, 3.63) is 24.3 Å². The van der Waals surface area contributed by atoms with E-state index in [2.05, 4.69) is 5.10 Å². The van der Waals surface area contributed by atoms with Crippen LogP contribution in [0.3, 0.4) is 0 Å². The van der Waals surface area contributed by atoms with Crippen LogP contribution in [-0.4, -0.2) is 35.2 Å². The molecule has 0 bridgehead atoms. The van der Waals surface area contributed by atoms with E-state index in [4.69, 9.17) is 4.74 Å². The number of para-hydroxylation sites is 2. The monoisotopic (exact) mass is 259 g/mol. The van der Waals surface area contributed by atoms with Crippen LogP contribution in [0.2, 0.25) is 0 Å². The molecule has 98 valence electrons. The van der Waals surface area contributed by atoms with Crippen LogP contribution >= 0.6 is 0 Å². The first-order chi connectivity index (χ1) is 9.04. The minimum absolute atomic E-state index is 0.157. The van der Waals surface area contributed by atoms with Crippen molar-refractivity contribution in [2.75, 3.05) is 11.6 Å². The van der Waals surface area contributed by atoms with Gasteiger partial charge in [0.15, 0.2) is 5.54 Å². The van der Waals surface area contributed by atoms with Gasteiger partial charge in [-0.25, -0.2) is 9.91 Å². The maximum atomic E-state index is 12.4. The van der Waals surface area contributed by atoms with Crippen LogP contribution in [-0.2, 0) is 9.59 Å². The van der Waals surface area contributed by atoms with Crippen LogP contribution in [0.15, 0.2) is 29.4 Å². The minimum atomic E-state index is -0.991. The largest absolute Gasteiger partial charge is 0.488 e. The van der Waals surface area contributed by atoms with Crippen LogP contribution in [0.1, 0.15) is 13.8 Å². The van der Waals surface area contributed by atoms with E-state index >= 15 is 0 Å². The van der Waals surface area contributed by atoms with Crippen molar-refractivity contribution in [3.8, 4) is 5.75 Å². The average Bonchev–Trinajstić information content (AvgIpc) is 2.40. The summed E-state index contributed by atoms with van der Waals surface area (Å²) < 4.78 is 5.62. The third-order valence-electron chi connectivity index (χ3n) is 3.37. The Morgan fingerprint density at radius 1 is 1.42 bits per heavy atom. The fraction of sp³-hybridized carbons (Fsp3) is 0.308. The first-order valence-corrected chi connectivity index (χ1v) is 5.94. The number of hydrogen-bond acceptors (Lipinski definition) is 5. The van der Waals surface area contributed by atoms with Gasteiger partial charge in [-0.1, -0.05) is 12.1 Å². The molecule has 1 unspecified atom stereocenters. The molecule has 0 aliphatic carbocycles. The van der Waals surface area contributed by atoms with E-state index < -0.39 is 5.54 Å². The number of ether oxygens (including phenoxy) is 1. The van der Waals surface area contributed by atoms with Gasteiger partial charge in [0.05, 0.1) is 0 Å². The lowest BCUT2D eigenvalue weighted by Gasteiger charge is -2.45. The molecule has 6 nitrogen and oxygen atoms in total.